The first-order chi connectivity index (χ1) is 8.90. The van der Waals surface area contributed by atoms with E-state index in [0.29, 0.717) is 12.0 Å². The van der Waals surface area contributed by atoms with Gasteiger partial charge in [0.1, 0.15) is 11.5 Å². The first kappa shape index (κ1) is 15.4. The Labute approximate surface area is 116 Å². The molecule has 0 heterocycles. The van der Waals surface area contributed by atoms with Crippen LogP contribution in [-0.2, 0) is 6.42 Å². The van der Waals surface area contributed by atoms with Crippen LogP contribution in [0.15, 0.2) is 35.4 Å². The summed E-state index contributed by atoms with van der Waals surface area (Å²) in [5.41, 5.74) is 4.08. The summed E-state index contributed by atoms with van der Waals surface area (Å²) in [7, 11) is 0. The molecule has 0 amide bonds. The van der Waals surface area contributed by atoms with E-state index in [9.17, 15) is 10.2 Å². The van der Waals surface area contributed by atoms with E-state index < -0.39 is 0 Å². The molecule has 2 nitrogen and oxygen atoms in total. The summed E-state index contributed by atoms with van der Waals surface area (Å²) in [6.45, 7) is 8.13. The quantitative estimate of drug-likeness (QED) is 0.757. The molecule has 0 unspecified atom stereocenters. The Morgan fingerprint density at radius 1 is 1.05 bits per heavy atom. The third-order valence-electron chi connectivity index (χ3n) is 3.09. The minimum absolute atomic E-state index is 0.172. The van der Waals surface area contributed by atoms with Gasteiger partial charge in [0, 0.05) is 5.56 Å². The topological polar surface area (TPSA) is 40.5 Å². The molecule has 1 aromatic rings. The molecule has 2 N–H and O–H groups in total. The average molecular weight is 260 g/mol. The molecule has 19 heavy (non-hydrogen) atoms. The number of benzene rings is 1. The molecule has 0 aromatic heterocycles. The molecule has 0 fully saturated rings. The van der Waals surface area contributed by atoms with E-state index in [2.05, 4.69) is 32.9 Å². The number of rotatable bonds is 5. The Hall–Kier alpha value is -1.70. The van der Waals surface area contributed by atoms with Gasteiger partial charge in [-0.25, -0.2) is 0 Å². The zero-order valence-corrected chi connectivity index (χ0v) is 12.3. The minimum atomic E-state index is 0.172. The number of aromatic hydroxyl groups is 2. The van der Waals surface area contributed by atoms with E-state index in [4.69, 9.17) is 0 Å². The molecule has 0 aliphatic rings. The molecule has 0 saturated heterocycles. The van der Waals surface area contributed by atoms with E-state index in [1.165, 1.54) is 11.1 Å². The third kappa shape index (κ3) is 5.21. The van der Waals surface area contributed by atoms with E-state index in [1.807, 2.05) is 6.92 Å². The van der Waals surface area contributed by atoms with Crippen molar-refractivity contribution in [1.29, 1.82) is 0 Å². The lowest BCUT2D eigenvalue weighted by atomic mass is 10.0. The zero-order valence-electron chi connectivity index (χ0n) is 12.3. The van der Waals surface area contributed by atoms with Crippen molar-refractivity contribution in [3.8, 4) is 11.5 Å². The van der Waals surface area contributed by atoms with Gasteiger partial charge < -0.3 is 10.2 Å². The van der Waals surface area contributed by atoms with Gasteiger partial charge in [-0.3, -0.25) is 0 Å². The van der Waals surface area contributed by atoms with E-state index in [-0.39, 0.29) is 11.5 Å². The summed E-state index contributed by atoms with van der Waals surface area (Å²) in [6.07, 6.45) is 6.91. The lowest BCUT2D eigenvalue weighted by molar-refractivity contribution is 0.440. The molecule has 0 radical (unpaired) electrons. The fourth-order valence-corrected chi connectivity index (χ4v) is 1.95. The molecule has 1 aromatic carbocycles. The van der Waals surface area contributed by atoms with Crippen LogP contribution in [0.4, 0.5) is 0 Å². The summed E-state index contributed by atoms with van der Waals surface area (Å²) in [4.78, 5) is 0. The maximum atomic E-state index is 9.84. The molecule has 0 spiro atoms. The van der Waals surface area contributed by atoms with Crippen LogP contribution in [0.25, 0.3) is 0 Å². The fraction of sp³-hybridized carbons (Fsp3) is 0.412. The highest BCUT2D eigenvalue weighted by Crippen LogP contribution is 2.29. The van der Waals surface area contributed by atoms with Crippen molar-refractivity contribution in [2.24, 2.45) is 0 Å². The monoisotopic (exact) mass is 260 g/mol. The van der Waals surface area contributed by atoms with Crippen molar-refractivity contribution in [2.45, 2.75) is 47.0 Å². The molecule has 104 valence electrons. The second kappa shape index (κ2) is 7.03. The standard InChI is InChI=1S/C17H24O2/c1-12(2)6-5-7-13(3)8-9-15-16(18)10-14(4)11-17(15)19/h6,8,10-11,18-19H,5,7,9H2,1-4H3/b13-8+. The Kier molecular flexibility index (Phi) is 5.68. The number of aryl methyl sites for hydroxylation is 1. The fourth-order valence-electron chi connectivity index (χ4n) is 1.95. The Morgan fingerprint density at radius 2 is 1.63 bits per heavy atom. The summed E-state index contributed by atoms with van der Waals surface area (Å²) < 4.78 is 0. The molecule has 0 aliphatic heterocycles. The van der Waals surface area contributed by atoms with Crippen molar-refractivity contribution in [3.05, 3.63) is 46.6 Å². The van der Waals surface area contributed by atoms with Gasteiger partial charge in [0.05, 0.1) is 0 Å². The third-order valence-corrected chi connectivity index (χ3v) is 3.09. The van der Waals surface area contributed by atoms with E-state index in [1.54, 1.807) is 12.1 Å². The van der Waals surface area contributed by atoms with Crippen LogP contribution in [0.3, 0.4) is 0 Å². The summed E-state index contributed by atoms with van der Waals surface area (Å²) in [5, 5.41) is 19.7. The summed E-state index contributed by atoms with van der Waals surface area (Å²) >= 11 is 0. The number of allylic oxidation sites excluding steroid dienone is 4. The van der Waals surface area contributed by atoms with Crippen molar-refractivity contribution in [1.82, 2.24) is 0 Å². The van der Waals surface area contributed by atoms with E-state index in [0.717, 1.165) is 18.4 Å². The molecule has 2 heteroatoms. The van der Waals surface area contributed by atoms with Gasteiger partial charge in [-0.1, -0.05) is 23.3 Å². The zero-order chi connectivity index (χ0) is 14.4. The number of hydrogen-bond acceptors (Lipinski definition) is 2. The highest BCUT2D eigenvalue weighted by molar-refractivity contribution is 5.47. The van der Waals surface area contributed by atoms with Crippen LogP contribution >= 0.6 is 0 Å². The molecule has 1 rings (SSSR count). The normalized spacial score (nSPS) is 11.5. The highest BCUT2D eigenvalue weighted by atomic mass is 16.3. The smallest absolute Gasteiger partial charge is 0.123 e. The second-order valence-electron chi connectivity index (χ2n) is 5.36. The molecule has 0 saturated carbocycles. The molecule has 0 bridgehead atoms. The largest absolute Gasteiger partial charge is 0.508 e. The van der Waals surface area contributed by atoms with Gasteiger partial charge in [-0.05, 0) is 64.7 Å². The number of hydrogen-bond donors (Lipinski definition) is 2. The van der Waals surface area contributed by atoms with Crippen LogP contribution in [0.1, 0.15) is 44.7 Å². The van der Waals surface area contributed by atoms with E-state index >= 15 is 0 Å². The first-order valence-electron chi connectivity index (χ1n) is 6.70. The lowest BCUT2D eigenvalue weighted by Crippen LogP contribution is -1.88. The van der Waals surface area contributed by atoms with Gasteiger partial charge in [0.2, 0.25) is 0 Å². The summed E-state index contributed by atoms with van der Waals surface area (Å²) in [6, 6.07) is 3.36. The Bertz CT molecular complexity index is 469. The molecular weight excluding hydrogens is 236 g/mol. The predicted octanol–water partition coefficient (Wildman–Crippen LogP) is 4.64. The number of phenols is 2. The SMILES string of the molecule is CC(C)=CCC/C(C)=C/Cc1c(O)cc(C)cc1O. The van der Waals surface area contributed by atoms with Crippen molar-refractivity contribution in [2.75, 3.05) is 0 Å². The lowest BCUT2D eigenvalue weighted by Gasteiger charge is -2.07. The van der Waals surface area contributed by atoms with Crippen LogP contribution in [0.2, 0.25) is 0 Å². The second-order valence-corrected chi connectivity index (χ2v) is 5.36. The molecular formula is C17H24O2. The highest BCUT2D eigenvalue weighted by Gasteiger charge is 2.06. The van der Waals surface area contributed by atoms with Crippen molar-refractivity contribution in [3.63, 3.8) is 0 Å². The Balaban J connectivity index is 2.68. The van der Waals surface area contributed by atoms with Crippen LogP contribution in [0.5, 0.6) is 11.5 Å². The average Bonchev–Trinajstić information content (AvgIpc) is 2.26. The number of phenolic OH excluding ortho intramolecular Hbond substituents is 2. The predicted molar refractivity (Wildman–Crippen MR) is 80.6 cm³/mol. The minimum Gasteiger partial charge on any atom is -0.508 e. The van der Waals surface area contributed by atoms with Gasteiger partial charge in [0.25, 0.3) is 0 Å². The van der Waals surface area contributed by atoms with Crippen molar-refractivity contribution >= 4 is 0 Å². The van der Waals surface area contributed by atoms with Crippen molar-refractivity contribution < 1.29 is 10.2 Å². The maximum absolute atomic E-state index is 9.84. The maximum Gasteiger partial charge on any atom is 0.123 e. The molecule has 0 aliphatic carbocycles. The van der Waals surface area contributed by atoms with Crippen LogP contribution in [0, 0.1) is 6.92 Å². The van der Waals surface area contributed by atoms with Gasteiger partial charge in [-0.2, -0.15) is 0 Å². The van der Waals surface area contributed by atoms with Gasteiger partial charge >= 0.3 is 0 Å². The summed E-state index contributed by atoms with van der Waals surface area (Å²) in [5.74, 6) is 0.344. The van der Waals surface area contributed by atoms with Crippen LogP contribution < -0.4 is 0 Å². The van der Waals surface area contributed by atoms with Crippen LogP contribution in [-0.4, -0.2) is 10.2 Å². The first-order valence-corrected chi connectivity index (χ1v) is 6.70. The molecule has 0 atom stereocenters. The van der Waals surface area contributed by atoms with Gasteiger partial charge in [0.15, 0.2) is 0 Å². The Morgan fingerprint density at radius 3 is 2.16 bits per heavy atom. The van der Waals surface area contributed by atoms with Gasteiger partial charge in [-0.15, -0.1) is 0 Å².